The number of rotatable bonds is 3. The molecule has 1 aromatic rings. The second-order valence-corrected chi connectivity index (χ2v) is 4.30. The minimum Gasteiger partial charge on any atom is -0.448 e. The topological polar surface area (TPSA) is 26.0 Å². The van der Waals surface area contributed by atoms with Gasteiger partial charge in [-0.15, -0.1) is 0 Å². The molecular weight excluding hydrogens is 162 g/mol. The maximum atomic E-state index is 5.39. The van der Waals surface area contributed by atoms with Crippen LogP contribution in [-0.2, 0) is 0 Å². The lowest BCUT2D eigenvalue weighted by molar-refractivity contribution is 0.469. The van der Waals surface area contributed by atoms with Crippen LogP contribution in [0.25, 0.3) is 0 Å². The standard InChI is InChI=1S/C11H19NO/c1-7(2)9(5)10-6-13-11(12-10)8(3)4/h6-9H,1-5H3. The van der Waals surface area contributed by atoms with E-state index in [4.69, 9.17) is 4.42 Å². The van der Waals surface area contributed by atoms with E-state index in [0.29, 0.717) is 17.8 Å². The Morgan fingerprint density at radius 2 is 1.77 bits per heavy atom. The molecule has 0 fully saturated rings. The molecule has 2 nitrogen and oxygen atoms in total. The Hall–Kier alpha value is -0.790. The van der Waals surface area contributed by atoms with Crippen molar-refractivity contribution in [2.24, 2.45) is 5.92 Å². The molecule has 1 rings (SSSR count). The summed E-state index contributed by atoms with van der Waals surface area (Å²) in [4.78, 5) is 4.46. The Balaban J connectivity index is 2.79. The van der Waals surface area contributed by atoms with Crippen LogP contribution in [0.5, 0.6) is 0 Å². The van der Waals surface area contributed by atoms with Gasteiger partial charge in [0, 0.05) is 11.8 Å². The van der Waals surface area contributed by atoms with E-state index >= 15 is 0 Å². The maximum absolute atomic E-state index is 5.39. The molecule has 1 heterocycles. The summed E-state index contributed by atoms with van der Waals surface area (Å²) in [5.74, 6) is 2.33. The molecule has 13 heavy (non-hydrogen) atoms. The van der Waals surface area contributed by atoms with E-state index in [2.05, 4.69) is 39.6 Å². The molecule has 0 spiro atoms. The van der Waals surface area contributed by atoms with Crippen molar-refractivity contribution >= 4 is 0 Å². The molecule has 0 aliphatic rings. The number of nitrogens with zero attached hydrogens (tertiary/aromatic N) is 1. The van der Waals surface area contributed by atoms with Crippen LogP contribution in [0.3, 0.4) is 0 Å². The van der Waals surface area contributed by atoms with E-state index < -0.39 is 0 Å². The normalized spacial score (nSPS) is 14.1. The zero-order chi connectivity index (χ0) is 10.0. The van der Waals surface area contributed by atoms with Crippen molar-refractivity contribution in [1.82, 2.24) is 4.98 Å². The van der Waals surface area contributed by atoms with Gasteiger partial charge in [0.1, 0.15) is 6.26 Å². The SMILES string of the molecule is CC(C)c1nc(C(C)C(C)C)co1. The van der Waals surface area contributed by atoms with Gasteiger partial charge in [0.2, 0.25) is 0 Å². The second kappa shape index (κ2) is 3.95. The van der Waals surface area contributed by atoms with Gasteiger partial charge in [-0.25, -0.2) is 4.98 Å². The molecule has 0 saturated carbocycles. The molecular formula is C11H19NO. The quantitative estimate of drug-likeness (QED) is 0.712. The molecule has 0 aliphatic carbocycles. The summed E-state index contributed by atoms with van der Waals surface area (Å²) >= 11 is 0. The number of hydrogen-bond acceptors (Lipinski definition) is 2. The Morgan fingerprint density at radius 1 is 1.15 bits per heavy atom. The van der Waals surface area contributed by atoms with Crippen molar-refractivity contribution in [2.75, 3.05) is 0 Å². The van der Waals surface area contributed by atoms with Gasteiger partial charge in [-0.05, 0) is 5.92 Å². The Morgan fingerprint density at radius 3 is 2.15 bits per heavy atom. The van der Waals surface area contributed by atoms with E-state index in [-0.39, 0.29) is 0 Å². The molecule has 0 N–H and O–H groups in total. The van der Waals surface area contributed by atoms with Gasteiger partial charge in [0.15, 0.2) is 5.89 Å². The summed E-state index contributed by atoms with van der Waals surface area (Å²) in [6, 6.07) is 0. The summed E-state index contributed by atoms with van der Waals surface area (Å²) in [5.41, 5.74) is 1.08. The lowest BCUT2D eigenvalue weighted by Gasteiger charge is -2.11. The summed E-state index contributed by atoms with van der Waals surface area (Å²) in [5, 5.41) is 0. The van der Waals surface area contributed by atoms with E-state index in [1.165, 1.54) is 0 Å². The first-order valence-electron chi connectivity index (χ1n) is 4.97. The smallest absolute Gasteiger partial charge is 0.196 e. The van der Waals surface area contributed by atoms with E-state index in [0.717, 1.165) is 11.6 Å². The fraction of sp³-hybridized carbons (Fsp3) is 0.727. The molecule has 0 bridgehead atoms. The Bertz CT molecular complexity index is 263. The minimum atomic E-state index is 0.383. The summed E-state index contributed by atoms with van der Waals surface area (Å²) in [7, 11) is 0. The van der Waals surface area contributed by atoms with Crippen molar-refractivity contribution in [2.45, 2.75) is 46.5 Å². The van der Waals surface area contributed by atoms with Crippen LogP contribution in [0.4, 0.5) is 0 Å². The van der Waals surface area contributed by atoms with Crippen LogP contribution in [0, 0.1) is 5.92 Å². The van der Waals surface area contributed by atoms with Crippen molar-refractivity contribution in [3.8, 4) is 0 Å². The third kappa shape index (κ3) is 2.33. The highest BCUT2D eigenvalue weighted by molar-refractivity contribution is 5.05. The van der Waals surface area contributed by atoms with Gasteiger partial charge in [0.05, 0.1) is 5.69 Å². The van der Waals surface area contributed by atoms with E-state index in [1.807, 2.05) is 0 Å². The average Bonchev–Trinajstić information content (AvgIpc) is 2.50. The third-order valence-electron chi connectivity index (χ3n) is 2.50. The van der Waals surface area contributed by atoms with E-state index in [1.54, 1.807) is 6.26 Å². The Kier molecular flexibility index (Phi) is 3.12. The van der Waals surface area contributed by atoms with Gasteiger partial charge in [-0.3, -0.25) is 0 Å². The van der Waals surface area contributed by atoms with Crippen LogP contribution in [0.15, 0.2) is 10.7 Å². The van der Waals surface area contributed by atoms with Crippen LogP contribution in [0.2, 0.25) is 0 Å². The maximum Gasteiger partial charge on any atom is 0.196 e. The van der Waals surface area contributed by atoms with Gasteiger partial charge in [0.25, 0.3) is 0 Å². The molecule has 0 aromatic carbocycles. The summed E-state index contributed by atoms with van der Waals surface area (Å²) in [6.45, 7) is 10.8. The van der Waals surface area contributed by atoms with Crippen LogP contribution in [0.1, 0.15) is 58.0 Å². The van der Waals surface area contributed by atoms with Gasteiger partial charge in [-0.1, -0.05) is 34.6 Å². The van der Waals surface area contributed by atoms with Crippen LogP contribution in [-0.4, -0.2) is 4.98 Å². The van der Waals surface area contributed by atoms with E-state index in [9.17, 15) is 0 Å². The summed E-state index contributed by atoms with van der Waals surface area (Å²) in [6.07, 6.45) is 1.79. The molecule has 0 radical (unpaired) electrons. The first-order valence-corrected chi connectivity index (χ1v) is 4.97. The molecule has 1 atom stereocenters. The van der Waals surface area contributed by atoms with Crippen LogP contribution >= 0.6 is 0 Å². The largest absolute Gasteiger partial charge is 0.448 e. The van der Waals surface area contributed by atoms with Crippen molar-refractivity contribution < 1.29 is 4.42 Å². The predicted molar refractivity (Wildman–Crippen MR) is 53.8 cm³/mol. The van der Waals surface area contributed by atoms with Gasteiger partial charge < -0.3 is 4.42 Å². The minimum absolute atomic E-state index is 0.383. The van der Waals surface area contributed by atoms with Crippen molar-refractivity contribution in [1.29, 1.82) is 0 Å². The number of oxazole rings is 1. The number of aromatic nitrogens is 1. The fourth-order valence-corrected chi connectivity index (χ4v) is 1.12. The number of hydrogen-bond donors (Lipinski definition) is 0. The predicted octanol–water partition coefficient (Wildman–Crippen LogP) is 3.56. The molecule has 2 heteroatoms. The first-order chi connectivity index (χ1) is 6.02. The monoisotopic (exact) mass is 181 g/mol. The summed E-state index contributed by atoms with van der Waals surface area (Å²) < 4.78 is 5.39. The zero-order valence-electron chi connectivity index (χ0n) is 9.16. The highest BCUT2D eigenvalue weighted by Gasteiger charge is 2.15. The Labute approximate surface area is 80.4 Å². The molecule has 0 saturated heterocycles. The molecule has 74 valence electrons. The molecule has 1 aromatic heterocycles. The third-order valence-corrected chi connectivity index (χ3v) is 2.50. The van der Waals surface area contributed by atoms with Crippen molar-refractivity contribution in [3.63, 3.8) is 0 Å². The zero-order valence-corrected chi connectivity index (χ0v) is 9.16. The highest BCUT2D eigenvalue weighted by Crippen LogP contribution is 2.24. The first kappa shape index (κ1) is 10.3. The van der Waals surface area contributed by atoms with Gasteiger partial charge in [-0.2, -0.15) is 0 Å². The fourth-order valence-electron chi connectivity index (χ4n) is 1.12. The average molecular weight is 181 g/mol. The highest BCUT2D eigenvalue weighted by atomic mass is 16.3. The van der Waals surface area contributed by atoms with Gasteiger partial charge >= 0.3 is 0 Å². The molecule has 0 aliphatic heterocycles. The second-order valence-electron chi connectivity index (χ2n) is 4.30. The lowest BCUT2D eigenvalue weighted by Crippen LogP contribution is -2.02. The molecule has 1 unspecified atom stereocenters. The van der Waals surface area contributed by atoms with Crippen molar-refractivity contribution in [3.05, 3.63) is 17.8 Å². The molecule has 0 amide bonds. The lowest BCUT2D eigenvalue weighted by atomic mass is 9.95. The van der Waals surface area contributed by atoms with Crippen LogP contribution < -0.4 is 0 Å².